The molecular weight excluding hydrogens is 324 g/mol. The van der Waals surface area contributed by atoms with Gasteiger partial charge in [0.2, 0.25) is 0 Å². The Bertz CT molecular complexity index is 819. The molecule has 136 valence electrons. The SMILES string of the molecule is CN1CCN(CCCOc2cccc(-c3nc4ccccc4[nH]3)c2)CC1. The van der Waals surface area contributed by atoms with Crippen LogP contribution in [0.1, 0.15) is 6.42 Å². The molecule has 2 heterocycles. The quantitative estimate of drug-likeness (QED) is 0.693. The summed E-state index contributed by atoms with van der Waals surface area (Å²) in [6.45, 7) is 6.52. The topological polar surface area (TPSA) is 44.4 Å². The number of imidazole rings is 1. The molecule has 0 unspecified atom stereocenters. The molecule has 1 saturated heterocycles. The number of benzene rings is 2. The summed E-state index contributed by atoms with van der Waals surface area (Å²) in [4.78, 5) is 12.9. The van der Waals surface area contributed by atoms with Crippen LogP contribution in [-0.2, 0) is 0 Å². The number of hydrogen-bond acceptors (Lipinski definition) is 4. The van der Waals surface area contributed by atoms with Gasteiger partial charge in [-0.3, -0.25) is 0 Å². The van der Waals surface area contributed by atoms with Crippen molar-refractivity contribution < 1.29 is 4.74 Å². The number of para-hydroxylation sites is 2. The first-order valence-corrected chi connectivity index (χ1v) is 9.37. The lowest BCUT2D eigenvalue weighted by Gasteiger charge is -2.32. The van der Waals surface area contributed by atoms with E-state index in [0.717, 1.165) is 60.8 Å². The van der Waals surface area contributed by atoms with Gasteiger partial charge in [0, 0.05) is 38.3 Å². The van der Waals surface area contributed by atoms with E-state index in [4.69, 9.17) is 4.74 Å². The summed E-state index contributed by atoms with van der Waals surface area (Å²) < 4.78 is 5.98. The van der Waals surface area contributed by atoms with Gasteiger partial charge in [-0.2, -0.15) is 0 Å². The maximum absolute atomic E-state index is 5.98. The Hall–Kier alpha value is -2.37. The summed E-state index contributed by atoms with van der Waals surface area (Å²) >= 11 is 0. The lowest BCUT2D eigenvalue weighted by atomic mass is 10.2. The molecule has 0 saturated carbocycles. The Morgan fingerprint density at radius 1 is 1.04 bits per heavy atom. The number of rotatable bonds is 6. The Labute approximate surface area is 154 Å². The van der Waals surface area contributed by atoms with Gasteiger partial charge in [0.15, 0.2) is 0 Å². The summed E-state index contributed by atoms with van der Waals surface area (Å²) in [5.74, 6) is 1.79. The summed E-state index contributed by atoms with van der Waals surface area (Å²) in [5.41, 5.74) is 3.10. The van der Waals surface area contributed by atoms with Gasteiger partial charge in [0.05, 0.1) is 17.6 Å². The minimum absolute atomic E-state index is 0.746. The molecule has 0 atom stereocenters. The number of hydrogen-bond donors (Lipinski definition) is 1. The number of piperazine rings is 1. The molecule has 1 aliphatic rings. The number of H-pyrrole nitrogens is 1. The average molecular weight is 350 g/mol. The van der Waals surface area contributed by atoms with E-state index in [1.165, 1.54) is 13.1 Å². The third-order valence-corrected chi connectivity index (χ3v) is 4.98. The van der Waals surface area contributed by atoms with E-state index < -0.39 is 0 Å². The number of nitrogens with one attached hydrogen (secondary N) is 1. The van der Waals surface area contributed by atoms with Crippen LogP contribution in [0, 0.1) is 0 Å². The molecule has 0 spiro atoms. The molecule has 0 radical (unpaired) electrons. The van der Waals surface area contributed by atoms with Crippen molar-refractivity contribution in [2.75, 3.05) is 46.4 Å². The zero-order chi connectivity index (χ0) is 17.8. The normalized spacial score (nSPS) is 16.2. The molecule has 5 heteroatoms. The van der Waals surface area contributed by atoms with Crippen molar-refractivity contribution in [2.45, 2.75) is 6.42 Å². The number of aromatic nitrogens is 2. The number of likely N-dealkylation sites (N-methyl/N-ethyl adjacent to an activating group) is 1. The van der Waals surface area contributed by atoms with E-state index in [2.05, 4.69) is 38.9 Å². The number of nitrogens with zero attached hydrogens (tertiary/aromatic N) is 3. The van der Waals surface area contributed by atoms with Crippen molar-refractivity contribution in [1.82, 2.24) is 19.8 Å². The molecule has 3 aromatic rings. The molecule has 1 aromatic heterocycles. The molecule has 1 aliphatic heterocycles. The molecule has 1 fully saturated rings. The van der Waals surface area contributed by atoms with Crippen molar-refractivity contribution in [3.05, 3.63) is 48.5 Å². The highest BCUT2D eigenvalue weighted by molar-refractivity contribution is 5.79. The smallest absolute Gasteiger partial charge is 0.138 e. The molecule has 2 aromatic carbocycles. The van der Waals surface area contributed by atoms with Crippen LogP contribution >= 0.6 is 0 Å². The largest absolute Gasteiger partial charge is 0.494 e. The predicted octanol–water partition coefficient (Wildman–Crippen LogP) is 3.25. The highest BCUT2D eigenvalue weighted by atomic mass is 16.5. The van der Waals surface area contributed by atoms with Gasteiger partial charge in [-0.1, -0.05) is 24.3 Å². The monoisotopic (exact) mass is 350 g/mol. The second-order valence-electron chi connectivity index (χ2n) is 6.98. The summed E-state index contributed by atoms with van der Waals surface area (Å²) in [5, 5.41) is 0. The fourth-order valence-corrected chi connectivity index (χ4v) is 3.37. The minimum Gasteiger partial charge on any atom is -0.494 e. The van der Waals surface area contributed by atoms with Crippen molar-refractivity contribution in [2.24, 2.45) is 0 Å². The minimum atomic E-state index is 0.746. The highest BCUT2D eigenvalue weighted by Crippen LogP contribution is 2.24. The molecule has 5 nitrogen and oxygen atoms in total. The summed E-state index contributed by atoms with van der Waals surface area (Å²) in [6, 6.07) is 16.3. The van der Waals surface area contributed by atoms with E-state index >= 15 is 0 Å². The van der Waals surface area contributed by atoms with Gasteiger partial charge in [0.25, 0.3) is 0 Å². The standard InChI is InChI=1S/C21H26N4O/c1-24-11-13-25(14-12-24)10-5-15-26-18-7-4-6-17(16-18)21-22-19-8-2-3-9-20(19)23-21/h2-4,6-9,16H,5,10-15H2,1H3,(H,22,23). The second-order valence-corrected chi connectivity index (χ2v) is 6.98. The maximum atomic E-state index is 5.98. The predicted molar refractivity (Wildman–Crippen MR) is 106 cm³/mol. The number of ether oxygens (including phenoxy) is 1. The molecule has 0 bridgehead atoms. The number of aromatic amines is 1. The van der Waals surface area contributed by atoms with Crippen LogP contribution in [0.15, 0.2) is 48.5 Å². The third kappa shape index (κ3) is 4.06. The zero-order valence-electron chi connectivity index (χ0n) is 15.3. The average Bonchev–Trinajstić information content (AvgIpc) is 3.11. The highest BCUT2D eigenvalue weighted by Gasteiger charge is 2.13. The van der Waals surface area contributed by atoms with E-state index in [1.807, 2.05) is 36.4 Å². The van der Waals surface area contributed by atoms with Crippen LogP contribution in [0.2, 0.25) is 0 Å². The molecule has 1 N–H and O–H groups in total. The van der Waals surface area contributed by atoms with Gasteiger partial charge in [-0.05, 0) is 37.7 Å². The first kappa shape index (κ1) is 17.1. The molecule has 0 aliphatic carbocycles. The van der Waals surface area contributed by atoms with Crippen molar-refractivity contribution in [3.8, 4) is 17.1 Å². The molecule has 0 amide bonds. The van der Waals surface area contributed by atoms with Crippen LogP contribution in [0.3, 0.4) is 0 Å². The lowest BCUT2D eigenvalue weighted by molar-refractivity contribution is 0.145. The zero-order valence-corrected chi connectivity index (χ0v) is 15.3. The van der Waals surface area contributed by atoms with Crippen LogP contribution < -0.4 is 4.74 Å². The van der Waals surface area contributed by atoms with E-state index in [1.54, 1.807) is 0 Å². The van der Waals surface area contributed by atoms with Gasteiger partial charge >= 0.3 is 0 Å². The first-order chi connectivity index (χ1) is 12.8. The second kappa shape index (κ2) is 7.89. The van der Waals surface area contributed by atoms with E-state index in [9.17, 15) is 0 Å². The van der Waals surface area contributed by atoms with Gasteiger partial charge in [0.1, 0.15) is 11.6 Å². The molecule has 26 heavy (non-hydrogen) atoms. The Morgan fingerprint density at radius 2 is 1.88 bits per heavy atom. The Kier molecular flexibility index (Phi) is 5.18. The first-order valence-electron chi connectivity index (χ1n) is 9.37. The summed E-state index contributed by atoms with van der Waals surface area (Å²) in [6.07, 6.45) is 1.05. The fourth-order valence-electron chi connectivity index (χ4n) is 3.37. The van der Waals surface area contributed by atoms with Crippen molar-refractivity contribution >= 4 is 11.0 Å². The van der Waals surface area contributed by atoms with E-state index in [-0.39, 0.29) is 0 Å². The fraction of sp³-hybridized carbons (Fsp3) is 0.381. The molecular formula is C21H26N4O. The number of fused-ring (bicyclic) bond motifs is 1. The van der Waals surface area contributed by atoms with Crippen LogP contribution in [-0.4, -0.2) is 66.1 Å². The van der Waals surface area contributed by atoms with Crippen LogP contribution in [0.5, 0.6) is 5.75 Å². The third-order valence-electron chi connectivity index (χ3n) is 4.98. The van der Waals surface area contributed by atoms with Gasteiger partial charge in [-0.15, -0.1) is 0 Å². The molecule has 4 rings (SSSR count). The van der Waals surface area contributed by atoms with Crippen LogP contribution in [0.4, 0.5) is 0 Å². The maximum Gasteiger partial charge on any atom is 0.138 e. The van der Waals surface area contributed by atoms with Gasteiger partial charge in [-0.25, -0.2) is 4.98 Å². The Morgan fingerprint density at radius 3 is 2.73 bits per heavy atom. The lowest BCUT2D eigenvalue weighted by Crippen LogP contribution is -2.44. The van der Waals surface area contributed by atoms with Crippen molar-refractivity contribution in [3.63, 3.8) is 0 Å². The van der Waals surface area contributed by atoms with Gasteiger partial charge < -0.3 is 19.5 Å². The Balaban J connectivity index is 1.32. The van der Waals surface area contributed by atoms with Crippen LogP contribution in [0.25, 0.3) is 22.4 Å². The van der Waals surface area contributed by atoms with Crippen molar-refractivity contribution in [1.29, 1.82) is 0 Å². The van der Waals surface area contributed by atoms with E-state index in [0.29, 0.717) is 0 Å². The summed E-state index contributed by atoms with van der Waals surface area (Å²) in [7, 11) is 2.19.